The molecule has 0 amide bonds. The zero-order valence-electron chi connectivity index (χ0n) is 17.7. The third-order valence-corrected chi connectivity index (χ3v) is 5.54. The van der Waals surface area contributed by atoms with Gasteiger partial charge < -0.3 is 0 Å². The molecule has 6 nitrogen and oxygen atoms in total. The lowest BCUT2D eigenvalue weighted by Gasteiger charge is -2.36. The van der Waals surface area contributed by atoms with Gasteiger partial charge in [-0.1, -0.05) is 103 Å². The van der Waals surface area contributed by atoms with E-state index in [4.69, 9.17) is 11.1 Å². The zero-order valence-corrected chi connectivity index (χ0v) is 17.7. The van der Waals surface area contributed by atoms with Crippen LogP contribution >= 0.6 is 0 Å². The van der Waals surface area contributed by atoms with Crippen LogP contribution in [-0.2, 0) is 0 Å². The Hall–Kier alpha value is -3.46. The number of rotatable bonds is 4. The molecule has 0 spiro atoms. The molecule has 6 heteroatoms. The lowest BCUT2D eigenvalue weighted by molar-refractivity contribution is 0.226. The van der Waals surface area contributed by atoms with Gasteiger partial charge in [-0.05, 0) is 52.8 Å². The van der Waals surface area contributed by atoms with Crippen molar-refractivity contribution in [2.45, 2.75) is 40.0 Å². The van der Waals surface area contributed by atoms with E-state index in [0.29, 0.717) is 17.3 Å². The van der Waals surface area contributed by atoms with Crippen LogP contribution < -0.4 is 0 Å². The van der Waals surface area contributed by atoms with Gasteiger partial charge in [0.05, 0.1) is 0 Å². The second-order valence-corrected chi connectivity index (χ2v) is 8.82. The van der Waals surface area contributed by atoms with E-state index < -0.39 is 0 Å². The summed E-state index contributed by atoms with van der Waals surface area (Å²) in [5.74, 6) is 0.564. The maximum atomic E-state index is 8.57. The summed E-state index contributed by atoms with van der Waals surface area (Å²) >= 11 is 0. The van der Waals surface area contributed by atoms with E-state index in [1.807, 2.05) is 48.5 Å². The summed E-state index contributed by atoms with van der Waals surface area (Å²) in [4.78, 5) is 5.66. The maximum Gasteiger partial charge on any atom is 0.0375 e. The van der Waals surface area contributed by atoms with Crippen LogP contribution in [0.4, 0.5) is 11.4 Å². The van der Waals surface area contributed by atoms with Crippen molar-refractivity contribution >= 4 is 23.5 Å². The molecule has 0 aromatic heterocycles. The molecule has 3 rings (SSSR count). The minimum absolute atomic E-state index is 0.218. The molecule has 30 heavy (non-hydrogen) atoms. The van der Waals surface area contributed by atoms with Crippen molar-refractivity contribution in [3.63, 3.8) is 0 Å². The summed E-state index contributed by atoms with van der Waals surface area (Å²) in [6.07, 6.45) is 7.62. The van der Waals surface area contributed by atoms with Crippen molar-refractivity contribution in [1.82, 2.24) is 0 Å². The molecule has 0 heterocycles. The first-order chi connectivity index (χ1) is 14.4. The van der Waals surface area contributed by atoms with Gasteiger partial charge in [0.1, 0.15) is 0 Å². The highest BCUT2D eigenvalue weighted by Crippen LogP contribution is 2.43. The predicted molar refractivity (Wildman–Crippen MR) is 123 cm³/mol. The molecule has 2 aromatic carbocycles. The van der Waals surface area contributed by atoms with E-state index in [9.17, 15) is 0 Å². The summed E-state index contributed by atoms with van der Waals surface area (Å²) in [7, 11) is 0. The molecule has 0 unspecified atom stereocenters. The monoisotopic (exact) mass is 398 g/mol. The Kier molecular flexibility index (Phi) is 6.63. The molecule has 0 saturated heterocycles. The van der Waals surface area contributed by atoms with Crippen molar-refractivity contribution in [3.05, 3.63) is 91.7 Å². The molecule has 1 saturated carbocycles. The SMILES string of the molecule is CC(C)(C)C1CC(=Cc2ccc(N=[N+]=[N-])cc2)CC(=Cc2ccc(N=[N+]=[N-])cc2)C1. The van der Waals surface area contributed by atoms with Gasteiger partial charge in [-0.15, -0.1) is 0 Å². The fraction of sp³-hybridized carbons (Fsp3) is 0.333. The molecular weight excluding hydrogens is 372 g/mol. The molecule has 1 aliphatic rings. The summed E-state index contributed by atoms with van der Waals surface area (Å²) in [5, 5.41) is 7.28. The molecular formula is C24H26N6. The van der Waals surface area contributed by atoms with Crippen LogP contribution in [0.5, 0.6) is 0 Å². The lowest BCUT2D eigenvalue weighted by atomic mass is 9.69. The van der Waals surface area contributed by atoms with E-state index in [1.54, 1.807) is 0 Å². The van der Waals surface area contributed by atoms with Gasteiger partial charge in [0.15, 0.2) is 0 Å². The van der Waals surface area contributed by atoms with Crippen molar-refractivity contribution in [2.75, 3.05) is 0 Å². The van der Waals surface area contributed by atoms with E-state index in [2.05, 4.69) is 53.0 Å². The molecule has 0 radical (unpaired) electrons. The van der Waals surface area contributed by atoms with Gasteiger partial charge in [0.2, 0.25) is 0 Å². The number of hydrogen-bond acceptors (Lipinski definition) is 2. The van der Waals surface area contributed by atoms with Gasteiger partial charge in [-0.25, -0.2) is 0 Å². The fourth-order valence-electron chi connectivity index (χ4n) is 3.82. The Morgan fingerprint density at radius 1 is 0.767 bits per heavy atom. The van der Waals surface area contributed by atoms with Gasteiger partial charge in [0, 0.05) is 21.2 Å². The first-order valence-corrected chi connectivity index (χ1v) is 10.1. The third kappa shape index (κ3) is 5.77. The second kappa shape index (κ2) is 9.36. The molecule has 0 bridgehead atoms. The third-order valence-electron chi connectivity index (χ3n) is 5.54. The molecule has 1 fully saturated rings. The topological polar surface area (TPSA) is 97.5 Å². The summed E-state index contributed by atoms with van der Waals surface area (Å²) < 4.78 is 0. The average molecular weight is 399 g/mol. The van der Waals surface area contributed by atoms with Crippen LogP contribution in [0.25, 0.3) is 33.0 Å². The Morgan fingerprint density at radius 3 is 1.50 bits per heavy atom. The number of nitrogens with zero attached hydrogens (tertiary/aromatic N) is 6. The number of benzene rings is 2. The van der Waals surface area contributed by atoms with Gasteiger partial charge in [-0.2, -0.15) is 0 Å². The van der Waals surface area contributed by atoms with E-state index in [-0.39, 0.29) is 5.41 Å². The largest absolute Gasteiger partial charge is 0.0653 e. The quantitative estimate of drug-likeness (QED) is 0.279. The van der Waals surface area contributed by atoms with Crippen LogP contribution in [0.15, 0.2) is 69.9 Å². The van der Waals surface area contributed by atoms with Crippen molar-refractivity contribution in [2.24, 2.45) is 21.6 Å². The van der Waals surface area contributed by atoms with Gasteiger partial charge in [0.25, 0.3) is 0 Å². The van der Waals surface area contributed by atoms with E-state index in [1.165, 1.54) is 11.1 Å². The fourth-order valence-corrected chi connectivity index (χ4v) is 3.82. The van der Waals surface area contributed by atoms with Gasteiger partial charge >= 0.3 is 0 Å². The highest BCUT2D eigenvalue weighted by molar-refractivity contribution is 5.61. The van der Waals surface area contributed by atoms with Crippen LogP contribution in [0.1, 0.15) is 51.2 Å². The number of hydrogen-bond donors (Lipinski definition) is 0. The van der Waals surface area contributed by atoms with Gasteiger partial charge in [-0.3, -0.25) is 0 Å². The normalized spacial score (nSPS) is 19.2. The summed E-state index contributed by atoms with van der Waals surface area (Å²) in [6, 6.07) is 15.4. The standard InChI is InChI=1S/C24H26N6/c1-24(2,3)21-15-19(12-17-4-8-22(9-5-17)27-29-25)14-20(16-21)13-18-6-10-23(11-7-18)28-30-26/h4-13,21H,14-16H2,1-3H3. The summed E-state index contributed by atoms with van der Waals surface area (Å²) in [6.45, 7) is 6.92. The Balaban J connectivity index is 1.88. The first-order valence-electron chi connectivity index (χ1n) is 10.1. The second-order valence-electron chi connectivity index (χ2n) is 8.82. The Labute approximate surface area is 177 Å². The molecule has 0 atom stereocenters. The summed E-state index contributed by atoms with van der Waals surface area (Å²) in [5.41, 5.74) is 23.7. The van der Waals surface area contributed by atoms with Crippen LogP contribution in [0.2, 0.25) is 0 Å². The zero-order chi connectivity index (χ0) is 21.6. The number of allylic oxidation sites excluding steroid dienone is 2. The molecule has 1 aliphatic carbocycles. The lowest BCUT2D eigenvalue weighted by Crippen LogP contribution is -2.24. The Morgan fingerprint density at radius 2 is 1.17 bits per heavy atom. The minimum Gasteiger partial charge on any atom is -0.0653 e. The van der Waals surface area contributed by atoms with E-state index in [0.717, 1.165) is 30.4 Å². The molecule has 2 aromatic rings. The van der Waals surface area contributed by atoms with Crippen LogP contribution in [-0.4, -0.2) is 0 Å². The smallest absolute Gasteiger partial charge is 0.0375 e. The number of azide groups is 2. The Bertz CT molecular complexity index is 963. The first kappa shape index (κ1) is 21.3. The van der Waals surface area contributed by atoms with Crippen LogP contribution in [0, 0.1) is 11.3 Å². The molecule has 152 valence electrons. The van der Waals surface area contributed by atoms with Crippen molar-refractivity contribution < 1.29 is 0 Å². The van der Waals surface area contributed by atoms with Crippen LogP contribution in [0.3, 0.4) is 0 Å². The molecule has 0 N–H and O–H groups in total. The van der Waals surface area contributed by atoms with Crippen molar-refractivity contribution in [1.29, 1.82) is 0 Å². The van der Waals surface area contributed by atoms with E-state index >= 15 is 0 Å². The molecule has 0 aliphatic heterocycles. The van der Waals surface area contributed by atoms with Crippen molar-refractivity contribution in [3.8, 4) is 0 Å². The minimum atomic E-state index is 0.218. The predicted octanol–water partition coefficient (Wildman–Crippen LogP) is 8.88. The average Bonchev–Trinajstić information content (AvgIpc) is 2.71. The highest BCUT2D eigenvalue weighted by atomic mass is 15.1. The maximum absolute atomic E-state index is 8.57. The highest BCUT2D eigenvalue weighted by Gasteiger charge is 2.30.